The van der Waals surface area contributed by atoms with Crippen molar-refractivity contribution in [3.63, 3.8) is 0 Å². The summed E-state index contributed by atoms with van der Waals surface area (Å²) in [6, 6.07) is 0. The fraction of sp³-hybridized carbons (Fsp3) is 0.667. The van der Waals surface area contributed by atoms with E-state index in [0.717, 1.165) is 5.06 Å². The van der Waals surface area contributed by atoms with Gasteiger partial charge < -0.3 is 0 Å². The molecule has 3 N–H and O–H groups in total. The fourth-order valence-corrected chi connectivity index (χ4v) is 0.440. The number of hydroxylamine groups is 2. The quantitative estimate of drug-likeness (QED) is 0.393. The summed E-state index contributed by atoms with van der Waals surface area (Å²) in [5, 5.41) is 9.37. The van der Waals surface area contributed by atoms with Gasteiger partial charge in [0.1, 0.15) is 0 Å². The second kappa shape index (κ2) is 3.86. The third-order valence-electron chi connectivity index (χ3n) is 0.502. The van der Waals surface area contributed by atoms with Crippen LogP contribution in [-0.2, 0) is 4.79 Å². The molecular weight excluding hydrogens is 175 g/mol. The van der Waals surface area contributed by atoms with E-state index in [-0.39, 0.29) is 6.54 Å². The van der Waals surface area contributed by atoms with E-state index in [4.69, 9.17) is 10.9 Å². The van der Waals surface area contributed by atoms with Gasteiger partial charge in [-0.1, -0.05) is 0 Å². The summed E-state index contributed by atoms with van der Waals surface area (Å²) in [6.45, 7) is -0.102. The van der Waals surface area contributed by atoms with Gasteiger partial charge in [-0.05, 0) is 0 Å². The summed E-state index contributed by atoms with van der Waals surface area (Å²) in [5.74, 6) is -0.529. The molecule has 0 saturated heterocycles. The third kappa shape index (κ3) is 4.08. The van der Waals surface area contributed by atoms with Gasteiger partial charge in [-0.25, -0.2) is 0 Å². The van der Waals surface area contributed by atoms with Crippen molar-refractivity contribution in [2.75, 3.05) is 12.0 Å². The minimum absolute atomic E-state index is 0.102. The SMILES string of the molecule is NC(=O)CN(O)C[SeH]. The Morgan fingerprint density at radius 1 is 1.88 bits per heavy atom. The number of nitrogens with zero attached hydrogens (tertiary/aromatic N) is 1. The van der Waals surface area contributed by atoms with Gasteiger partial charge in [0, 0.05) is 0 Å². The molecule has 0 spiro atoms. The molecule has 0 unspecified atom stereocenters. The second-order valence-electron chi connectivity index (χ2n) is 1.27. The number of carbonyl (C=O) groups is 1. The van der Waals surface area contributed by atoms with Gasteiger partial charge in [-0.3, -0.25) is 0 Å². The molecule has 0 radical (unpaired) electrons. The summed E-state index contributed by atoms with van der Waals surface area (Å²) in [6.07, 6.45) is 0. The fourth-order valence-electron chi connectivity index (χ4n) is 0.230. The normalized spacial score (nSPS) is 9.88. The third-order valence-corrected chi connectivity index (χ3v) is 1.19. The van der Waals surface area contributed by atoms with Crippen molar-refractivity contribution in [1.29, 1.82) is 0 Å². The van der Waals surface area contributed by atoms with Gasteiger partial charge in [-0.15, -0.1) is 0 Å². The molecule has 0 rings (SSSR count). The molecular formula is C3H8N2O2Se. The molecule has 0 aromatic carbocycles. The standard InChI is InChI=1S/C3H8N2O2Se/c4-3(6)1-5(7)2-8/h7-8H,1-2H2,(H2,4,6). The van der Waals surface area contributed by atoms with E-state index in [9.17, 15) is 4.79 Å². The molecule has 0 aromatic rings. The predicted molar refractivity (Wildman–Crippen MR) is 29.7 cm³/mol. The van der Waals surface area contributed by atoms with Crippen LogP contribution in [0, 0.1) is 0 Å². The Bertz CT molecular complexity index is 87.4. The van der Waals surface area contributed by atoms with Crippen LogP contribution < -0.4 is 5.73 Å². The average molecular weight is 183 g/mol. The predicted octanol–water partition coefficient (Wildman–Crippen LogP) is -1.98. The molecule has 0 aliphatic heterocycles. The van der Waals surface area contributed by atoms with Gasteiger partial charge >= 0.3 is 54.7 Å². The molecule has 0 aliphatic carbocycles. The zero-order chi connectivity index (χ0) is 6.57. The Kier molecular flexibility index (Phi) is 3.81. The second-order valence-corrected chi connectivity index (χ2v) is 1.87. The first-order chi connectivity index (χ1) is 3.66. The van der Waals surface area contributed by atoms with E-state index in [1.54, 1.807) is 0 Å². The van der Waals surface area contributed by atoms with Crippen molar-refractivity contribution in [2.24, 2.45) is 5.73 Å². The maximum absolute atomic E-state index is 9.98. The molecule has 1 amide bonds. The summed E-state index contributed by atoms with van der Waals surface area (Å²) in [4.78, 5) is 9.98. The molecule has 8 heavy (non-hydrogen) atoms. The number of nitrogens with two attached hydrogens (primary N) is 1. The summed E-state index contributed by atoms with van der Waals surface area (Å²) >= 11 is 2.12. The van der Waals surface area contributed by atoms with Crippen LogP contribution in [0.2, 0.25) is 0 Å². The first-order valence-electron chi connectivity index (χ1n) is 2.00. The van der Waals surface area contributed by atoms with Crippen molar-refractivity contribution in [2.45, 2.75) is 0 Å². The van der Waals surface area contributed by atoms with Crippen LogP contribution in [0.15, 0.2) is 0 Å². The summed E-state index contributed by atoms with van der Waals surface area (Å²) in [5.41, 5.74) is 5.08. The molecule has 0 heterocycles. The molecule has 0 atom stereocenters. The first-order valence-corrected chi connectivity index (χ1v) is 3.32. The van der Waals surface area contributed by atoms with Crippen LogP contribution >= 0.6 is 0 Å². The minimum atomic E-state index is -0.529. The number of amides is 1. The molecule has 0 saturated carbocycles. The van der Waals surface area contributed by atoms with E-state index >= 15 is 0 Å². The molecule has 0 aromatic heterocycles. The van der Waals surface area contributed by atoms with Crippen LogP contribution in [0.5, 0.6) is 0 Å². The monoisotopic (exact) mass is 184 g/mol. The number of rotatable bonds is 3. The molecule has 4 nitrogen and oxygen atoms in total. The number of carbonyl (C=O) groups excluding carboxylic acids is 1. The maximum atomic E-state index is 9.98. The van der Waals surface area contributed by atoms with Crippen molar-refractivity contribution in [3.05, 3.63) is 0 Å². The van der Waals surface area contributed by atoms with Crippen LogP contribution in [0.4, 0.5) is 0 Å². The van der Waals surface area contributed by atoms with Gasteiger partial charge in [0.25, 0.3) is 0 Å². The van der Waals surface area contributed by atoms with E-state index in [1.165, 1.54) is 0 Å². The van der Waals surface area contributed by atoms with E-state index in [2.05, 4.69) is 16.0 Å². The molecule has 0 fully saturated rings. The van der Waals surface area contributed by atoms with Gasteiger partial charge in [0.05, 0.1) is 0 Å². The first kappa shape index (κ1) is 7.91. The van der Waals surface area contributed by atoms with Gasteiger partial charge in [0.2, 0.25) is 0 Å². The number of primary amides is 1. The Morgan fingerprint density at radius 3 is 2.50 bits per heavy atom. The molecule has 0 aliphatic rings. The molecule has 5 heteroatoms. The van der Waals surface area contributed by atoms with E-state index < -0.39 is 5.91 Å². The van der Waals surface area contributed by atoms with Gasteiger partial charge in [-0.2, -0.15) is 0 Å². The Morgan fingerprint density at radius 2 is 2.38 bits per heavy atom. The van der Waals surface area contributed by atoms with Crippen molar-refractivity contribution in [1.82, 2.24) is 5.06 Å². The van der Waals surface area contributed by atoms with Crippen molar-refractivity contribution in [3.8, 4) is 0 Å². The van der Waals surface area contributed by atoms with Crippen LogP contribution in [-0.4, -0.2) is 44.2 Å². The van der Waals surface area contributed by atoms with Crippen LogP contribution in [0.25, 0.3) is 0 Å². The van der Waals surface area contributed by atoms with E-state index in [1.807, 2.05) is 0 Å². The van der Waals surface area contributed by atoms with E-state index in [0.29, 0.717) is 5.44 Å². The Hall–Kier alpha value is -0.0905. The van der Waals surface area contributed by atoms with Crippen molar-refractivity contribution < 1.29 is 10.0 Å². The Labute approximate surface area is 55.4 Å². The molecule has 48 valence electrons. The Balaban J connectivity index is 3.24. The zero-order valence-electron chi connectivity index (χ0n) is 4.24. The summed E-state index contributed by atoms with van der Waals surface area (Å²) in [7, 11) is 0. The van der Waals surface area contributed by atoms with Gasteiger partial charge in [0.15, 0.2) is 0 Å². The van der Waals surface area contributed by atoms with Crippen LogP contribution in [0.3, 0.4) is 0 Å². The topological polar surface area (TPSA) is 66.6 Å². The average Bonchev–Trinajstić information content (AvgIpc) is 1.65. The summed E-state index contributed by atoms with van der Waals surface area (Å²) < 4.78 is 0. The number of hydrogen-bond donors (Lipinski definition) is 2. The van der Waals surface area contributed by atoms with Crippen LogP contribution in [0.1, 0.15) is 0 Å². The van der Waals surface area contributed by atoms with Crippen molar-refractivity contribution >= 4 is 21.9 Å². The molecule has 0 bridgehead atoms. The number of hydrogen-bond acceptors (Lipinski definition) is 3. The zero-order valence-corrected chi connectivity index (χ0v) is 6.12.